The molecule has 2 rings (SSSR count). The van der Waals surface area contributed by atoms with Gasteiger partial charge in [-0.25, -0.2) is 0 Å². The van der Waals surface area contributed by atoms with E-state index in [1.54, 1.807) is 0 Å². The lowest BCUT2D eigenvalue weighted by molar-refractivity contribution is -0.185. The Kier molecular flexibility index (Phi) is 4.52. The van der Waals surface area contributed by atoms with Gasteiger partial charge in [0.15, 0.2) is 0 Å². The second kappa shape index (κ2) is 6.14. The molecule has 1 saturated carbocycles. The van der Waals surface area contributed by atoms with Gasteiger partial charge in [0.05, 0.1) is 5.92 Å². The summed E-state index contributed by atoms with van der Waals surface area (Å²) >= 11 is 0. The van der Waals surface area contributed by atoms with E-state index in [-0.39, 0.29) is 6.42 Å². The number of halogens is 3. The van der Waals surface area contributed by atoms with E-state index in [1.165, 1.54) is 0 Å². The van der Waals surface area contributed by atoms with Gasteiger partial charge >= 0.3 is 6.18 Å². The van der Waals surface area contributed by atoms with E-state index in [2.05, 4.69) is 11.8 Å². The Morgan fingerprint density at radius 2 is 1.63 bits per heavy atom. The van der Waals surface area contributed by atoms with E-state index in [4.69, 9.17) is 0 Å². The molecule has 2 atom stereocenters. The summed E-state index contributed by atoms with van der Waals surface area (Å²) in [6, 6.07) is 9.21. The number of hydrogen-bond donors (Lipinski definition) is 0. The molecule has 1 aliphatic carbocycles. The van der Waals surface area contributed by atoms with E-state index in [9.17, 15) is 13.2 Å². The van der Waals surface area contributed by atoms with E-state index in [1.807, 2.05) is 30.3 Å². The Balaban J connectivity index is 2.17. The van der Waals surface area contributed by atoms with Gasteiger partial charge in [0.1, 0.15) is 0 Å². The second-order valence-corrected chi connectivity index (χ2v) is 5.03. The lowest BCUT2D eigenvalue weighted by Crippen LogP contribution is -2.28. The van der Waals surface area contributed by atoms with Gasteiger partial charge in [-0.3, -0.25) is 0 Å². The fourth-order valence-electron chi connectivity index (χ4n) is 2.57. The molecule has 0 aliphatic heterocycles. The first-order valence-electron chi connectivity index (χ1n) is 6.70. The van der Waals surface area contributed by atoms with Crippen molar-refractivity contribution in [3.8, 4) is 11.8 Å². The molecule has 0 amide bonds. The molecule has 19 heavy (non-hydrogen) atoms. The molecule has 0 spiro atoms. The maximum Gasteiger partial charge on any atom is 0.392 e. The average Bonchev–Trinajstić information content (AvgIpc) is 2.62. The van der Waals surface area contributed by atoms with Gasteiger partial charge in [0.2, 0.25) is 0 Å². The molecule has 0 heterocycles. The third-order valence-electron chi connectivity index (χ3n) is 3.61. The molecule has 102 valence electrons. The molecule has 0 radical (unpaired) electrons. The van der Waals surface area contributed by atoms with Crippen molar-refractivity contribution in [1.29, 1.82) is 0 Å². The number of hydrogen-bond acceptors (Lipinski definition) is 0. The first kappa shape index (κ1) is 14.0. The SMILES string of the molecule is FC(F)(F)[C@@H]1CCCCC[C@H]1C#Cc1ccccc1. The van der Waals surface area contributed by atoms with Crippen LogP contribution in [0.4, 0.5) is 13.2 Å². The molecule has 1 aromatic carbocycles. The fourth-order valence-corrected chi connectivity index (χ4v) is 2.57. The van der Waals surface area contributed by atoms with Gasteiger partial charge in [0.25, 0.3) is 0 Å². The zero-order chi connectivity index (χ0) is 13.7. The maximum absolute atomic E-state index is 13.0. The topological polar surface area (TPSA) is 0 Å². The fraction of sp³-hybridized carbons (Fsp3) is 0.500. The highest BCUT2D eigenvalue weighted by atomic mass is 19.4. The van der Waals surface area contributed by atoms with Crippen LogP contribution in [-0.2, 0) is 0 Å². The Morgan fingerprint density at radius 3 is 2.32 bits per heavy atom. The van der Waals surface area contributed by atoms with E-state index in [0.717, 1.165) is 18.4 Å². The highest BCUT2D eigenvalue weighted by molar-refractivity contribution is 5.34. The minimum absolute atomic E-state index is 0.220. The van der Waals surface area contributed by atoms with Crippen LogP contribution in [0.5, 0.6) is 0 Å². The summed E-state index contributed by atoms with van der Waals surface area (Å²) in [5.41, 5.74) is 0.785. The maximum atomic E-state index is 13.0. The normalized spacial score (nSPS) is 24.2. The minimum Gasteiger partial charge on any atom is -0.171 e. The molecule has 0 unspecified atom stereocenters. The Hall–Kier alpha value is -1.43. The first-order valence-corrected chi connectivity index (χ1v) is 6.70. The van der Waals surface area contributed by atoms with Gasteiger partial charge in [0, 0.05) is 11.5 Å². The molecular weight excluding hydrogens is 249 g/mol. The molecule has 1 fully saturated rings. The van der Waals surface area contributed by atoms with Gasteiger partial charge in [-0.05, 0) is 25.0 Å². The molecule has 0 bridgehead atoms. The summed E-state index contributed by atoms with van der Waals surface area (Å²) in [6.45, 7) is 0. The Bertz CT molecular complexity index is 450. The van der Waals surface area contributed by atoms with Gasteiger partial charge < -0.3 is 0 Å². The number of rotatable bonds is 0. The van der Waals surface area contributed by atoms with Crippen LogP contribution in [0.15, 0.2) is 30.3 Å². The molecule has 0 nitrogen and oxygen atoms in total. The van der Waals surface area contributed by atoms with Gasteiger partial charge in [-0.2, -0.15) is 13.2 Å². The van der Waals surface area contributed by atoms with Crippen LogP contribution >= 0.6 is 0 Å². The van der Waals surface area contributed by atoms with Crippen molar-refractivity contribution < 1.29 is 13.2 Å². The van der Waals surface area contributed by atoms with Crippen molar-refractivity contribution in [2.75, 3.05) is 0 Å². The van der Waals surface area contributed by atoms with Crippen molar-refractivity contribution in [1.82, 2.24) is 0 Å². The average molecular weight is 266 g/mol. The monoisotopic (exact) mass is 266 g/mol. The second-order valence-electron chi connectivity index (χ2n) is 5.03. The molecule has 1 aromatic rings. The zero-order valence-corrected chi connectivity index (χ0v) is 10.7. The van der Waals surface area contributed by atoms with Crippen LogP contribution in [0.1, 0.15) is 37.7 Å². The molecular formula is C16H17F3. The molecule has 0 N–H and O–H groups in total. The summed E-state index contributed by atoms with van der Waals surface area (Å²) in [5.74, 6) is 3.95. The van der Waals surface area contributed by atoms with Crippen LogP contribution in [0.25, 0.3) is 0 Å². The van der Waals surface area contributed by atoms with Gasteiger partial charge in [-0.15, -0.1) is 0 Å². The van der Waals surface area contributed by atoms with Crippen molar-refractivity contribution in [3.05, 3.63) is 35.9 Å². The lowest BCUT2D eigenvalue weighted by atomic mass is 9.87. The largest absolute Gasteiger partial charge is 0.392 e. The van der Waals surface area contributed by atoms with Crippen LogP contribution in [-0.4, -0.2) is 6.18 Å². The van der Waals surface area contributed by atoms with Crippen LogP contribution in [0.2, 0.25) is 0 Å². The quantitative estimate of drug-likeness (QED) is 0.467. The highest BCUT2D eigenvalue weighted by Crippen LogP contribution is 2.40. The van der Waals surface area contributed by atoms with Crippen molar-refractivity contribution in [2.24, 2.45) is 11.8 Å². The third kappa shape index (κ3) is 4.02. The summed E-state index contributed by atoms with van der Waals surface area (Å²) in [5, 5.41) is 0. The van der Waals surface area contributed by atoms with E-state index < -0.39 is 18.0 Å². The Labute approximate surface area is 112 Å². The first-order chi connectivity index (χ1) is 9.07. The predicted octanol–water partition coefficient (Wildman–Crippen LogP) is 4.80. The van der Waals surface area contributed by atoms with Crippen molar-refractivity contribution in [3.63, 3.8) is 0 Å². The highest BCUT2D eigenvalue weighted by Gasteiger charge is 2.44. The zero-order valence-electron chi connectivity index (χ0n) is 10.7. The molecule has 0 aromatic heterocycles. The molecule has 3 heteroatoms. The predicted molar refractivity (Wildman–Crippen MR) is 69.4 cm³/mol. The Morgan fingerprint density at radius 1 is 0.947 bits per heavy atom. The standard InChI is InChI=1S/C16H17F3/c17-16(18,19)15-10-6-2-5-9-14(15)12-11-13-7-3-1-4-8-13/h1,3-4,7-8,14-15H,2,5-6,9-10H2/t14-,15+/m0/s1. The van der Waals surface area contributed by atoms with Crippen molar-refractivity contribution >= 4 is 0 Å². The number of benzene rings is 1. The van der Waals surface area contributed by atoms with Crippen LogP contribution < -0.4 is 0 Å². The van der Waals surface area contributed by atoms with Crippen LogP contribution in [0.3, 0.4) is 0 Å². The van der Waals surface area contributed by atoms with E-state index >= 15 is 0 Å². The van der Waals surface area contributed by atoms with E-state index in [0.29, 0.717) is 12.8 Å². The van der Waals surface area contributed by atoms with Gasteiger partial charge in [-0.1, -0.05) is 49.3 Å². The number of alkyl halides is 3. The summed E-state index contributed by atoms with van der Waals surface area (Å²) in [6.07, 6.45) is -0.952. The summed E-state index contributed by atoms with van der Waals surface area (Å²) in [7, 11) is 0. The summed E-state index contributed by atoms with van der Waals surface area (Å²) in [4.78, 5) is 0. The third-order valence-corrected chi connectivity index (χ3v) is 3.61. The van der Waals surface area contributed by atoms with Crippen molar-refractivity contribution in [2.45, 2.75) is 38.3 Å². The van der Waals surface area contributed by atoms with Crippen LogP contribution in [0, 0.1) is 23.7 Å². The lowest BCUT2D eigenvalue weighted by Gasteiger charge is -2.23. The molecule has 0 saturated heterocycles. The minimum atomic E-state index is -4.12. The summed E-state index contributed by atoms with van der Waals surface area (Å²) < 4.78 is 39.1. The molecule has 1 aliphatic rings. The smallest absolute Gasteiger partial charge is 0.171 e.